The summed E-state index contributed by atoms with van der Waals surface area (Å²) in [5, 5.41) is 2.80. The standard InChI is InChI=1S/C25H26N2O3.BrH/c1-20(28)23-10-4-5-11-24(23)26-25(29)21-12-14-22(15-13-21)30-19-9-3-8-18-27-16-6-2-7-17-27;/h2,4-7,10-17H,3,8-9,18-19H2,1H3;1H. The number of carbonyl (C=O) groups excluding carboxylic acids is 2. The number of aryl methyl sites for hydroxylation is 1. The molecular weight excluding hydrogens is 456 g/mol. The molecule has 0 fully saturated rings. The molecule has 0 radical (unpaired) electrons. The van der Waals surface area contributed by atoms with Crippen LogP contribution in [0.5, 0.6) is 5.75 Å². The fraction of sp³-hybridized carbons (Fsp3) is 0.240. The number of halogens is 1. The molecule has 3 rings (SSSR count). The van der Waals surface area contributed by atoms with Gasteiger partial charge in [-0.15, -0.1) is 0 Å². The van der Waals surface area contributed by atoms with Gasteiger partial charge < -0.3 is 27.0 Å². The van der Waals surface area contributed by atoms with Gasteiger partial charge in [-0.25, -0.2) is 4.57 Å². The Morgan fingerprint density at radius 3 is 2.29 bits per heavy atom. The van der Waals surface area contributed by atoms with Gasteiger partial charge in [0.05, 0.1) is 12.3 Å². The van der Waals surface area contributed by atoms with Crippen molar-refractivity contribution in [3.63, 3.8) is 0 Å². The summed E-state index contributed by atoms with van der Waals surface area (Å²) in [5.74, 6) is 0.402. The minimum atomic E-state index is -0.256. The number of anilines is 1. The second-order valence-corrected chi connectivity index (χ2v) is 7.10. The zero-order valence-corrected chi connectivity index (χ0v) is 19.2. The van der Waals surface area contributed by atoms with Gasteiger partial charge in [0.2, 0.25) is 0 Å². The van der Waals surface area contributed by atoms with E-state index in [9.17, 15) is 9.59 Å². The van der Waals surface area contributed by atoms with E-state index in [0.29, 0.717) is 23.4 Å². The number of nitrogens with one attached hydrogen (secondary N) is 1. The van der Waals surface area contributed by atoms with Crippen molar-refractivity contribution in [2.45, 2.75) is 32.7 Å². The number of aromatic nitrogens is 1. The molecule has 0 unspecified atom stereocenters. The van der Waals surface area contributed by atoms with Gasteiger partial charge in [-0.1, -0.05) is 18.2 Å². The highest BCUT2D eigenvalue weighted by Crippen LogP contribution is 2.18. The predicted octanol–water partition coefficient (Wildman–Crippen LogP) is 1.68. The molecule has 0 saturated heterocycles. The van der Waals surface area contributed by atoms with Crippen LogP contribution < -0.4 is 31.6 Å². The zero-order chi connectivity index (χ0) is 21.2. The Bertz CT molecular complexity index is 976. The van der Waals surface area contributed by atoms with Crippen LogP contribution in [0.1, 0.15) is 46.9 Å². The first-order valence-electron chi connectivity index (χ1n) is 10.2. The number of hydrogen-bond acceptors (Lipinski definition) is 3. The Morgan fingerprint density at radius 2 is 1.58 bits per heavy atom. The Labute approximate surface area is 193 Å². The molecule has 0 aliphatic heterocycles. The minimum Gasteiger partial charge on any atom is -1.00 e. The third-order valence-electron chi connectivity index (χ3n) is 4.78. The van der Waals surface area contributed by atoms with Crippen LogP contribution in [0.25, 0.3) is 0 Å². The Hall–Kier alpha value is -2.99. The normalized spacial score (nSPS) is 10.1. The third kappa shape index (κ3) is 7.64. The molecule has 1 aromatic heterocycles. The van der Waals surface area contributed by atoms with Crippen molar-refractivity contribution in [1.29, 1.82) is 0 Å². The minimum absolute atomic E-state index is 0. The number of unbranched alkanes of at least 4 members (excludes halogenated alkanes) is 2. The summed E-state index contributed by atoms with van der Waals surface area (Å²) in [6.45, 7) is 3.14. The molecule has 0 atom stereocenters. The number of hydrogen-bond donors (Lipinski definition) is 1. The van der Waals surface area contributed by atoms with Gasteiger partial charge in [0, 0.05) is 29.7 Å². The molecule has 3 aromatic rings. The Balaban J connectivity index is 0.00000341. The van der Waals surface area contributed by atoms with E-state index in [1.807, 2.05) is 18.2 Å². The molecule has 2 aromatic carbocycles. The number of ether oxygens (including phenoxy) is 1. The molecule has 0 aliphatic rings. The highest BCUT2D eigenvalue weighted by molar-refractivity contribution is 6.09. The summed E-state index contributed by atoms with van der Waals surface area (Å²) in [7, 11) is 0. The summed E-state index contributed by atoms with van der Waals surface area (Å²) < 4.78 is 7.96. The number of rotatable bonds is 10. The molecule has 31 heavy (non-hydrogen) atoms. The van der Waals surface area contributed by atoms with E-state index in [1.54, 1.807) is 48.5 Å². The van der Waals surface area contributed by atoms with Gasteiger partial charge >= 0.3 is 0 Å². The number of pyridine rings is 1. The van der Waals surface area contributed by atoms with E-state index < -0.39 is 0 Å². The van der Waals surface area contributed by atoms with E-state index in [2.05, 4.69) is 22.3 Å². The molecule has 1 amide bonds. The van der Waals surface area contributed by atoms with Crippen LogP contribution in [-0.4, -0.2) is 18.3 Å². The lowest BCUT2D eigenvalue weighted by atomic mass is 10.1. The average molecular weight is 483 g/mol. The first-order chi connectivity index (χ1) is 14.6. The van der Waals surface area contributed by atoms with Gasteiger partial charge in [-0.05, 0) is 56.2 Å². The largest absolute Gasteiger partial charge is 1.00 e. The molecule has 5 nitrogen and oxygen atoms in total. The lowest BCUT2D eigenvalue weighted by molar-refractivity contribution is -0.697. The molecule has 0 aliphatic carbocycles. The van der Waals surface area contributed by atoms with E-state index in [1.165, 1.54) is 6.92 Å². The van der Waals surface area contributed by atoms with Crippen molar-refractivity contribution in [3.8, 4) is 5.75 Å². The van der Waals surface area contributed by atoms with E-state index in [4.69, 9.17) is 4.74 Å². The molecular formula is C25H27BrN2O3. The van der Waals surface area contributed by atoms with Gasteiger partial charge in [0.15, 0.2) is 18.2 Å². The highest BCUT2D eigenvalue weighted by atomic mass is 79.9. The Kier molecular flexibility index (Phi) is 9.91. The molecule has 6 heteroatoms. The van der Waals surface area contributed by atoms with Crippen LogP contribution in [0.4, 0.5) is 5.69 Å². The van der Waals surface area contributed by atoms with Crippen LogP contribution in [0.3, 0.4) is 0 Å². The van der Waals surface area contributed by atoms with Crippen LogP contribution in [0.2, 0.25) is 0 Å². The second kappa shape index (κ2) is 12.6. The van der Waals surface area contributed by atoms with Gasteiger partial charge in [0.25, 0.3) is 5.91 Å². The lowest BCUT2D eigenvalue weighted by Crippen LogP contribution is -3.00. The van der Waals surface area contributed by atoms with Crippen LogP contribution in [0.15, 0.2) is 79.1 Å². The monoisotopic (exact) mass is 482 g/mol. The van der Waals surface area contributed by atoms with E-state index >= 15 is 0 Å². The van der Waals surface area contributed by atoms with Crippen molar-refractivity contribution < 1.29 is 35.9 Å². The lowest BCUT2D eigenvalue weighted by Gasteiger charge is -2.10. The molecule has 162 valence electrons. The smallest absolute Gasteiger partial charge is 0.255 e. The summed E-state index contributed by atoms with van der Waals surface area (Å²) in [6.07, 6.45) is 7.34. The van der Waals surface area contributed by atoms with Gasteiger partial charge in [-0.2, -0.15) is 0 Å². The number of benzene rings is 2. The zero-order valence-electron chi connectivity index (χ0n) is 17.6. The van der Waals surface area contributed by atoms with Crippen LogP contribution >= 0.6 is 0 Å². The average Bonchev–Trinajstić information content (AvgIpc) is 2.77. The number of Topliss-reactive ketones (excluding diaryl/α,β-unsaturated/α-hetero) is 1. The summed E-state index contributed by atoms with van der Waals surface area (Å²) in [4.78, 5) is 24.2. The fourth-order valence-electron chi connectivity index (χ4n) is 3.14. The fourth-order valence-corrected chi connectivity index (χ4v) is 3.14. The third-order valence-corrected chi connectivity index (χ3v) is 4.78. The summed E-state index contributed by atoms with van der Waals surface area (Å²) >= 11 is 0. The van der Waals surface area contributed by atoms with Crippen molar-refractivity contribution >= 4 is 17.4 Å². The highest BCUT2D eigenvalue weighted by Gasteiger charge is 2.11. The van der Waals surface area contributed by atoms with Crippen molar-refractivity contribution in [1.82, 2.24) is 0 Å². The van der Waals surface area contributed by atoms with Gasteiger partial charge in [0.1, 0.15) is 12.3 Å². The van der Waals surface area contributed by atoms with Crippen LogP contribution in [0, 0.1) is 0 Å². The first-order valence-corrected chi connectivity index (χ1v) is 10.2. The summed E-state index contributed by atoms with van der Waals surface area (Å²) in [5.41, 5.74) is 1.53. The van der Waals surface area contributed by atoms with Crippen molar-refractivity contribution in [3.05, 3.63) is 90.3 Å². The molecule has 1 N–H and O–H groups in total. The van der Waals surface area contributed by atoms with Crippen molar-refractivity contribution in [2.24, 2.45) is 0 Å². The van der Waals surface area contributed by atoms with Gasteiger partial charge in [-0.3, -0.25) is 9.59 Å². The SMILES string of the molecule is CC(=O)c1ccccc1NC(=O)c1ccc(OCCCCC[n+]2ccccc2)cc1.[Br-]. The molecule has 1 heterocycles. The molecule has 0 saturated carbocycles. The molecule has 0 bridgehead atoms. The maximum atomic E-state index is 12.5. The van der Waals surface area contributed by atoms with E-state index in [0.717, 1.165) is 31.6 Å². The summed E-state index contributed by atoms with van der Waals surface area (Å²) in [6, 6.07) is 20.1. The number of amides is 1. The topological polar surface area (TPSA) is 59.3 Å². The first kappa shape index (κ1) is 24.3. The van der Waals surface area contributed by atoms with Crippen LogP contribution in [-0.2, 0) is 6.54 Å². The maximum absolute atomic E-state index is 12.5. The number of carbonyl (C=O) groups is 2. The number of ketones is 1. The van der Waals surface area contributed by atoms with E-state index in [-0.39, 0.29) is 28.7 Å². The number of para-hydroxylation sites is 1. The molecule has 0 spiro atoms. The number of nitrogens with zero attached hydrogens (tertiary/aromatic N) is 1. The Morgan fingerprint density at radius 1 is 0.871 bits per heavy atom. The predicted molar refractivity (Wildman–Crippen MR) is 117 cm³/mol. The quantitative estimate of drug-likeness (QED) is 0.271. The maximum Gasteiger partial charge on any atom is 0.255 e. The second-order valence-electron chi connectivity index (χ2n) is 7.10. The van der Waals surface area contributed by atoms with Crippen molar-refractivity contribution in [2.75, 3.05) is 11.9 Å².